The summed E-state index contributed by atoms with van der Waals surface area (Å²) in [7, 11) is 0. The third-order valence-electron chi connectivity index (χ3n) is 6.05. The Bertz CT molecular complexity index is 496. The number of urea groups is 1. The van der Waals surface area contributed by atoms with Crippen molar-refractivity contribution in [1.82, 2.24) is 10.6 Å². The fourth-order valence-electron chi connectivity index (χ4n) is 5.17. The van der Waals surface area contributed by atoms with Gasteiger partial charge in [-0.25, -0.2) is 4.79 Å². The lowest BCUT2D eigenvalue weighted by atomic mass is 9.49. The number of imide groups is 1. The zero-order valence-electron chi connectivity index (χ0n) is 14.6. The Kier molecular flexibility index (Phi) is 4.83. The fourth-order valence-corrected chi connectivity index (χ4v) is 5.17. The van der Waals surface area contributed by atoms with Gasteiger partial charge in [-0.15, -0.1) is 0 Å². The van der Waals surface area contributed by atoms with Crippen LogP contribution in [0.2, 0.25) is 0 Å². The number of hydrogen-bond donors (Lipinski definition) is 2. The van der Waals surface area contributed by atoms with Gasteiger partial charge < -0.3 is 10.1 Å². The van der Waals surface area contributed by atoms with Crippen molar-refractivity contribution < 1.29 is 19.1 Å². The molecular weight excluding hydrogens is 308 g/mol. The number of esters is 1. The summed E-state index contributed by atoms with van der Waals surface area (Å²) >= 11 is 0. The largest absolute Gasteiger partial charge is 0.455 e. The minimum Gasteiger partial charge on any atom is -0.455 e. The number of ether oxygens (including phenoxy) is 1. The lowest BCUT2D eigenvalue weighted by Crippen LogP contribution is -2.51. The minimum atomic E-state index is -0.575. The smallest absolute Gasteiger partial charge is 0.321 e. The van der Waals surface area contributed by atoms with E-state index in [0.717, 1.165) is 25.7 Å². The maximum atomic E-state index is 12.6. The van der Waals surface area contributed by atoms with Crippen LogP contribution in [-0.2, 0) is 14.3 Å². The van der Waals surface area contributed by atoms with Crippen molar-refractivity contribution in [2.24, 2.45) is 23.2 Å². The maximum absolute atomic E-state index is 12.6. The number of nitrogens with one attached hydrogen (secondary N) is 2. The zero-order valence-corrected chi connectivity index (χ0v) is 14.6. The number of hydrogen-bond acceptors (Lipinski definition) is 4. The van der Waals surface area contributed by atoms with Crippen molar-refractivity contribution >= 4 is 17.9 Å². The van der Waals surface area contributed by atoms with Gasteiger partial charge in [-0.2, -0.15) is 0 Å². The molecule has 134 valence electrons. The number of carbonyl (C=O) groups excluding carboxylic acids is 3. The first kappa shape index (κ1) is 17.2. The van der Waals surface area contributed by atoms with Crippen molar-refractivity contribution in [3.05, 3.63) is 0 Å². The number of rotatable bonds is 5. The molecule has 0 spiro atoms. The third kappa shape index (κ3) is 3.57. The van der Waals surface area contributed by atoms with Gasteiger partial charge in [0.25, 0.3) is 5.91 Å². The summed E-state index contributed by atoms with van der Waals surface area (Å²) in [5.74, 6) is 1.14. The van der Waals surface area contributed by atoms with Crippen molar-refractivity contribution in [1.29, 1.82) is 0 Å². The van der Waals surface area contributed by atoms with Crippen LogP contribution in [0.25, 0.3) is 0 Å². The summed E-state index contributed by atoms with van der Waals surface area (Å²) in [6, 6.07) is -0.549. The molecule has 0 radical (unpaired) electrons. The average molecular weight is 336 g/mol. The van der Waals surface area contributed by atoms with Crippen LogP contribution in [0, 0.1) is 23.2 Å². The Morgan fingerprint density at radius 1 is 1.08 bits per heavy atom. The molecule has 4 bridgehead atoms. The fraction of sp³-hybridized carbons (Fsp3) is 0.833. The molecular formula is C18H28N2O4. The highest BCUT2D eigenvalue weighted by Crippen LogP contribution is 2.60. The van der Waals surface area contributed by atoms with Crippen LogP contribution in [0.3, 0.4) is 0 Å². The van der Waals surface area contributed by atoms with Gasteiger partial charge in [-0.1, -0.05) is 6.92 Å². The molecule has 2 N–H and O–H groups in total. The lowest BCUT2D eigenvalue weighted by Gasteiger charge is -2.55. The molecule has 3 amide bonds. The molecule has 4 fully saturated rings. The van der Waals surface area contributed by atoms with Crippen LogP contribution in [0.15, 0.2) is 0 Å². The van der Waals surface area contributed by atoms with Crippen LogP contribution in [0.5, 0.6) is 0 Å². The first-order valence-corrected chi connectivity index (χ1v) is 9.18. The lowest BCUT2D eigenvalue weighted by molar-refractivity contribution is -0.173. The van der Waals surface area contributed by atoms with Crippen LogP contribution in [-0.4, -0.2) is 30.6 Å². The van der Waals surface area contributed by atoms with Crippen molar-refractivity contribution in [3.8, 4) is 0 Å². The van der Waals surface area contributed by atoms with E-state index in [1.165, 1.54) is 19.3 Å². The van der Waals surface area contributed by atoms with E-state index in [1.807, 2.05) is 13.8 Å². The van der Waals surface area contributed by atoms with E-state index in [-0.39, 0.29) is 24.0 Å². The van der Waals surface area contributed by atoms with Crippen molar-refractivity contribution in [2.75, 3.05) is 6.61 Å². The second kappa shape index (κ2) is 6.73. The van der Waals surface area contributed by atoms with Gasteiger partial charge in [-0.3, -0.25) is 14.9 Å². The molecule has 24 heavy (non-hydrogen) atoms. The molecule has 6 nitrogen and oxygen atoms in total. The molecule has 4 aliphatic rings. The predicted molar refractivity (Wildman–Crippen MR) is 88.0 cm³/mol. The quantitative estimate of drug-likeness (QED) is 0.755. The molecule has 1 atom stereocenters. The molecule has 0 aliphatic heterocycles. The van der Waals surface area contributed by atoms with E-state index >= 15 is 0 Å². The normalized spacial score (nSPS) is 34.5. The van der Waals surface area contributed by atoms with Gasteiger partial charge in [0, 0.05) is 6.04 Å². The molecule has 0 aromatic carbocycles. The molecule has 0 unspecified atom stereocenters. The van der Waals surface area contributed by atoms with E-state index in [2.05, 4.69) is 10.6 Å². The summed E-state index contributed by atoms with van der Waals surface area (Å²) in [6.07, 6.45) is 7.27. The second-order valence-electron chi connectivity index (χ2n) is 8.10. The van der Waals surface area contributed by atoms with E-state index < -0.39 is 11.9 Å². The highest BCUT2D eigenvalue weighted by atomic mass is 16.5. The molecule has 0 heterocycles. The van der Waals surface area contributed by atoms with Gasteiger partial charge in [0.15, 0.2) is 6.61 Å². The van der Waals surface area contributed by atoms with Crippen LogP contribution in [0.1, 0.15) is 58.8 Å². The molecule has 0 aromatic heterocycles. The summed E-state index contributed by atoms with van der Waals surface area (Å²) in [6.45, 7) is 3.42. The van der Waals surface area contributed by atoms with E-state index in [1.54, 1.807) is 0 Å². The van der Waals surface area contributed by atoms with E-state index in [0.29, 0.717) is 17.8 Å². The number of amides is 3. The van der Waals surface area contributed by atoms with E-state index in [4.69, 9.17) is 4.74 Å². The van der Waals surface area contributed by atoms with E-state index in [9.17, 15) is 14.4 Å². The molecule has 0 saturated heterocycles. The number of carbonyl (C=O) groups is 3. The molecule has 6 heteroatoms. The second-order valence-corrected chi connectivity index (χ2v) is 8.10. The molecule has 0 aromatic rings. The molecule has 4 saturated carbocycles. The predicted octanol–water partition coefficient (Wildman–Crippen LogP) is 2.37. The maximum Gasteiger partial charge on any atom is 0.321 e. The first-order chi connectivity index (χ1) is 11.4. The average Bonchev–Trinajstić information content (AvgIpc) is 2.50. The Morgan fingerprint density at radius 3 is 2.12 bits per heavy atom. The Hall–Kier alpha value is -1.59. The Balaban J connectivity index is 1.47. The summed E-state index contributed by atoms with van der Waals surface area (Å²) in [5, 5.41) is 4.85. The summed E-state index contributed by atoms with van der Waals surface area (Å²) in [5.41, 5.74) is -0.367. The van der Waals surface area contributed by atoms with Crippen molar-refractivity contribution in [3.63, 3.8) is 0 Å². The highest BCUT2D eigenvalue weighted by Gasteiger charge is 2.55. The van der Waals surface area contributed by atoms with Crippen LogP contribution >= 0.6 is 0 Å². The molecule has 4 rings (SSSR count). The van der Waals surface area contributed by atoms with Crippen molar-refractivity contribution in [2.45, 2.75) is 64.8 Å². The van der Waals surface area contributed by atoms with Gasteiger partial charge in [0.05, 0.1) is 5.41 Å². The standard InChI is InChI=1S/C18H28N2O4/c1-3-11(2)19-17(23)20-15(21)10-24-16(22)18-7-12-4-13(8-18)6-14(5-12)9-18/h11-14H,3-10H2,1-2H3,(H2,19,20,21,23)/t11-,12?,13?,14?,18?/m0/s1. The molecule has 4 aliphatic carbocycles. The summed E-state index contributed by atoms with van der Waals surface area (Å²) < 4.78 is 5.29. The third-order valence-corrected chi connectivity index (χ3v) is 6.05. The topological polar surface area (TPSA) is 84.5 Å². The monoisotopic (exact) mass is 336 g/mol. The minimum absolute atomic E-state index is 0.00706. The first-order valence-electron chi connectivity index (χ1n) is 9.18. The van der Waals surface area contributed by atoms with Gasteiger partial charge >= 0.3 is 12.0 Å². The van der Waals surface area contributed by atoms with Crippen LogP contribution < -0.4 is 10.6 Å². The SMILES string of the molecule is CC[C@H](C)NC(=O)NC(=O)COC(=O)C12CC3CC(CC(C3)C1)C2. The Labute approximate surface area is 143 Å². The highest BCUT2D eigenvalue weighted by molar-refractivity contribution is 5.95. The Morgan fingerprint density at radius 2 is 1.62 bits per heavy atom. The van der Waals surface area contributed by atoms with Crippen LogP contribution in [0.4, 0.5) is 4.79 Å². The van der Waals surface area contributed by atoms with Gasteiger partial charge in [0.1, 0.15) is 0 Å². The van der Waals surface area contributed by atoms with Gasteiger partial charge in [-0.05, 0) is 69.6 Å². The zero-order chi connectivity index (χ0) is 17.3. The van der Waals surface area contributed by atoms with Gasteiger partial charge in [0.2, 0.25) is 0 Å². The summed E-state index contributed by atoms with van der Waals surface area (Å²) in [4.78, 5) is 36.0.